The molecule has 1 saturated heterocycles. The molecule has 0 aliphatic carbocycles. The maximum absolute atomic E-state index is 11.9. The fourth-order valence-electron chi connectivity index (χ4n) is 2.49. The lowest BCUT2D eigenvalue weighted by Crippen LogP contribution is -2.35. The molecular weight excluding hydrogens is 386 g/mol. The Bertz CT molecular complexity index is 654. The van der Waals surface area contributed by atoms with Gasteiger partial charge in [-0.2, -0.15) is 0 Å². The molecule has 1 fully saturated rings. The largest absolute Gasteiger partial charge is 0.356 e. The van der Waals surface area contributed by atoms with Crippen molar-refractivity contribution in [2.24, 2.45) is 0 Å². The molecule has 9 heteroatoms. The number of carbonyl (C=O) groups excluding carboxylic acids is 4. The highest BCUT2D eigenvalue weighted by molar-refractivity contribution is 8.76. The van der Waals surface area contributed by atoms with Gasteiger partial charge in [-0.1, -0.05) is 23.3 Å². The molecule has 1 aromatic heterocycles. The second-order valence-electron chi connectivity index (χ2n) is 6.00. The quantitative estimate of drug-likeness (QED) is 0.341. The number of hydrogen-bond donors (Lipinski definition) is 1. The predicted molar refractivity (Wildman–Crippen MR) is 105 cm³/mol. The summed E-state index contributed by atoms with van der Waals surface area (Å²) in [6, 6.07) is 5.72. The maximum atomic E-state index is 11.9. The molecule has 7 nitrogen and oxygen atoms in total. The Morgan fingerprint density at radius 1 is 1.07 bits per heavy atom. The number of hydrogen-bond acceptors (Lipinski definition) is 7. The third kappa shape index (κ3) is 7.72. The van der Waals surface area contributed by atoms with Crippen molar-refractivity contribution in [1.29, 1.82) is 0 Å². The summed E-state index contributed by atoms with van der Waals surface area (Å²) < 4.78 is 0. The van der Waals surface area contributed by atoms with E-state index in [1.165, 1.54) is 0 Å². The van der Waals surface area contributed by atoms with Crippen molar-refractivity contribution in [3.8, 4) is 0 Å². The lowest BCUT2D eigenvalue weighted by atomic mass is 10.2. The van der Waals surface area contributed by atoms with Crippen molar-refractivity contribution >= 4 is 45.2 Å². The average Bonchev–Trinajstić information content (AvgIpc) is 3.00. The Labute approximate surface area is 166 Å². The molecule has 1 N–H and O–H groups in total. The Morgan fingerprint density at radius 2 is 1.85 bits per heavy atom. The molecule has 2 rings (SSSR count). The molecule has 1 aliphatic heterocycles. The number of amides is 4. The molecule has 0 aromatic carbocycles. The van der Waals surface area contributed by atoms with Crippen LogP contribution in [0.1, 0.15) is 44.9 Å². The summed E-state index contributed by atoms with van der Waals surface area (Å²) >= 11 is 0. The van der Waals surface area contributed by atoms with Crippen LogP contribution >= 0.6 is 21.6 Å². The Hall–Kier alpha value is -1.87. The van der Waals surface area contributed by atoms with Gasteiger partial charge in [0, 0.05) is 44.2 Å². The molecule has 1 aliphatic rings. The second-order valence-corrected chi connectivity index (χ2v) is 8.44. The van der Waals surface area contributed by atoms with Gasteiger partial charge in [0.2, 0.25) is 23.6 Å². The number of rotatable bonds is 11. The van der Waals surface area contributed by atoms with Crippen molar-refractivity contribution in [1.82, 2.24) is 15.2 Å². The zero-order valence-corrected chi connectivity index (χ0v) is 16.7. The van der Waals surface area contributed by atoms with E-state index in [1.54, 1.807) is 27.8 Å². The summed E-state index contributed by atoms with van der Waals surface area (Å²) in [5.41, 5.74) is 0. The van der Waals surface area contributed by atoms with Crippen molar-refractivity contribution in [2.75, 3.05) is 12.3 Å². The number of pyridine rings is 1. The van der Waals surface area contributed by atoms with Crippen LogP contribution < -0.4 is 5.32 Å². The van der Waals surface area contributed by atoms with Gasteiger partial charge in [0.05, 0.1) is 0 Å². The summed E-state index contributed by atoms with van der Waals surface area (Å²) in [5, 5.41) is 3.78. The van der Waals surface area contributed by atoms with Crippen molar-refractivity contribution in [2.45, 2.75) is 50.0 Å². The third-order valence-electron chi connectivity index (χ3n) is 3.89. The fourth-order valence-corrected chi connectivity index (χ4v) is 4.36. The van der Waals surface area contributed by atoms with E-state index in [0.717, 1.165) is 22.8 Å². The van der Waals surface area contributed by atoms with Crippen LogP contribution in [0.3, 0.4) is 0 Å². The molecule has 0 unspecified atom stereocenters. The van der Waals surface area contributed by atoms with Gasteiger partial charge in [0.1, 0.15) is 5.03 Å². The van der Waals surface area contributed by atoms with E-state index in [2.05, 4.69) is 10.3 Å². The summed E-state index contributed by atoms with van der Waals surface area (Å²) in [7, 11) is 3.15. The predicted octanol–water partition coefficient (Wildman–Crippen LogP) is 2.56. The van der Waals surface area contributed by atoms with Crippen LogP contribution in [0.25, 0.3) is 0 Å². The van der Waals surface area contributed by atoms with Crippen LogP contribution in [-0.4, -0.2) is 45.8 Å². The van der Waals surface area contributed by atoms with E-state index >= 15 is 0 Å². The van der Waals surface area contributed by atoms with Gasteiger partial charge in [-0.25, -0.2) is 9.88 Å². The minimum atomic E-state index is -0.408. The number of likely N-dealkylation sites (tertiary alicyclic amines) is 1. The van der Waals surface area contributed by atoms with Gasteiger partial charge in [0.25, 0.3) is 0 Å². The highest BCUT2D eigenvalue weighted by atomic mass is 33.1. The topological polar surface area (TPSA) is 96.4 Å². The van der Waals surface area contributed by atoms with Gasteiger partial charge in [-0.05, 0) is 35.8 Å². The Kier molecular flexibility index (Phi) is 9.34. The van der Waals surface area contributed by atoms with Gasteiger partial charge in [-0.3, -0.25) is 19.2 Å². The molecule has 27 heavy (non-hydrogen) atoms. The van der Waals surface area contributed by atoms with Crippen LogP contribution in [0.4, 0.5) is 0 Å². The molecule has 0 bridgehead atoms. The van der Waals surface area contributed by atoms with Gasteiger partial charge in [-0.15, -0.1) is 0 Å². The molecule has 0 radical (unpaired) electrons. The molecule has 0 saturated carbocycles. The number of carbonyl (C=O) groups is 4. The first-order chi connectivity index (χ1) is 13.1. The fraction of sp³-hybridized carbons (Fsp3) is 0.500. The highest BCUT2D eigenvalue weighted by Gasteiger charge is 2.33. The molecule has 146 valence electrons. The van der Waals surface area contributed by atoms with E-state index in [0.29, 0.717) is 25.1 Å². The van der Waals surface area contributed by atoms with Crippen LogP contribution in [0.15, 0.2) is 29.4 Å². The summed E-state index contributed by atoms with van der Waals surface area (Å²) in [6.07, 6.45) is 4.76. The smallest absolute Gasteiger partial charge is 0.236 e. The van der Waals surface area contributed by atoms with Crippen molar-refractivity contribution < 1.29 is 19.2 Å². The SMILES string of the molecule is O=C(CCSSc1ccccn1)NCCCCCC(=O)N1C(=O)CCC1=O. The van der Waals surface area contributed by atoms with Crippen LogP contribution in [0.2, 0.25) is 0 Å². The van der Waals surface area contributed by atoms with Gasteiger partial charge >= 0.3 is 0 Å². The Balaban J connectivity index is 1.45. The zero-order chi connectivity index (χ0) is 19.5. The summed E-state index contributed by atoms with van der Waals surface area (Å²) in [5.74, 6) is -0.477. The van der Waals surface area contributed by atoms with Crippen molar-refractivity contribution in [3.05, 3.63) is 24.4 Å². The van der Waals surface area contributed by atoms with Crippen LogP contribution in [0, 0.1) is 0 Å². The molecule has 4 amide bonds. The minimum absolute atomic E-state index is 0.00783. The second kappa shape index (κ2) is 11.8. The normalized spacial score (nSPS) is 13.9. The lowest BCUT2D eigenvalue weighted by molar-refractivity contribution is -0.149. The lowest BCUT2D eigenvalue weighted by Gasteiger charge is -2.11. The van der Waals surface area contributed by atoms with E-state index in [1.807, 2.05) is 18.2 Å². The summed E-state index contributed by atoms with van der Waals surface area (Å²) in [6.45, 7) is 0.562. The van der Waals surface area contributed by atoms with E-state index in [4.69, 9.17) is 0 Å². The Morgan fingerprint density at radius 3 is 2.56 bits per heavy atom. The zero-order valence-electron chi connectivity index (χ0n) is 15.0. The first-order valence-corrected chi connectivity index (χ1v) is 11.3. The first kappa shape index (κ1) is 21.4. The van der Waals surface area contributed by atoms with Crippen LogP contribution in [0.5, 0.6) is 0 Å². The van der Waals surface area contributed by atoms with Gasteiger partial charge in [0.15, 0.2) is 0 Å². The maximum Gasteiger partial charge on any atom is 0.236 e. The minimum Gasteiger partial charge on any atom is -0.356 e. The van der Waals surface area contributed by atoms with Crippen molar-refractivity contribution in [3.63, 3.8) is 0 Å². The molecule has 1 aromatic rings. The first-order valence-electron chi connectivity index (χ1n) is 8.94. The van der Waals surface area contributed by atoms with E-state index in [-0.39, 0.29) is 25.2 Å². The number of nitrogens with zero attached hydrogens (tertiary/aromatic N) is 2. The molecule has 0 atom stereocenters. The number of nitrogens with one attached hydrogen (secondary N) is 1. The third-order valence-corrected chi connectivity index (χ3v) is 6.15. The number of aromatic nitrogens is 1. The van der Waals surface area contributed by atoms with Crippen LogP contribution in [-0.2, 0) is 19.2 Å². The number of unbranched alkanes of at least 4 members (excludes halogenated alkanes) is 2. The standard InChI is InChI=1S/C18H23N3O4S2/c22-14(10-13-26-27-15-6-3-5-12-20-15)19-11-4-1-2-7-16(23)21-17(24)8-9-18(21)25/h3,5-6,12H,1-2,4,7-11,13H2,(H,19,22). The monoisotopic (exact) mass is 409 g/mol. The molecule has 0 spiro atoms. The number of imide groups is 3. The van der Waals surface area contributed by atoms with Gasteiger partial charge < -0.3 is 5.32 Å². The molecular formula is C18H23N3O4S2. The van der Waals surface area contributed by atoms with E-state index < -0.39 is 17.7 Å². The van der Waals surface area contributed by atoms with E-state index in [9.17, 15) is 19.2 Å². The average molecular weight is 410 g/mol. The summed E-state index contributed by atoms with van der Waals surface area (Å²) in [4.78, 5) is 51.5. The highest BCUT2D eigenvalue weighted by Crippen LogP contribution is 2.29. The molecule has 2 heterocycles.